The summed E-state index contributed by atoms with van der Waals surface area (Å²) in [6.07, 6.45) is 5.62. The van der Waals surface area contributed by atoms with Crippen molar-refractivity contribution >= 4 is 28.5 Å². The largest absolute Gasteiger partial charge is 0.492 e. The van der Waals surface area contributed by atoms with Crippen molar-refractivity contribution in [1.29, 1.82) is 0 Å². The fourth-order valence-corrected chi connectivity index (χ4v) is 5.70. The molecular formula is C25H31FN4O5. The Balaban J connectivity index is 1.60. The lowest BCUT2D eigenvalue weighted by atomic mass is 10.1. The average molecular weight is 487 g/mol. The van der Waals surface area contributed by atoms with E-state index in [-0.39, 0.29) is 40.9 Å². The Morgan fingerprint density at radius 1 is 1.20 bits per heavy atom. The number of aromatic carboxylic acids is 1. The monoisotopic (exact) mass is 486 g/mol. The van der Waals surface area contributed by atoms with Crippen molar-refractivity contribution < 1.29 is 23.8 Å². The molecule has 1 aromatic carbocycles. The Kier molecular flexibility index (Phi) is 5.94. The van der Waals surface area contributed by atoms with Crippen LogP contribution in [0.5, 0.6) is 5.75 Å². The molecule has 1 aromatic heterocycles. The molecule has 2 unspecified atom stereocenters. The van der Waals surface area contributed by atoms with E-state index in [1.165, 1.54) is 19.4 Å². The first-order valence-corrected chi connectivity index (χ1v) is 12.2. The number of hydrogen-bond donors (Lipinski definition) is 1. The van der Waals surface area contributed by atoms with Crippen LogP contribution in [-0.2, 0) is 4.79 Å². The topological polar surface area (TPSA) is 95.3 Å². The van der Waals surface area contributed by atoms with Crippen molar-refractivity contribution in [3.05, 3.63) is 33.9 Å². The lowest BCUT2D eigenvalue weighted by Gasteiger charge is -2.35. The van der Waals surface area contributed by atoms with Gasteiger partial charge in [0, 0.05) is 51.9 Å². The molecule has 1 N–H and O–H groups in total. The number of aromatic nitrogens is 1. The Bertz CT molecular complexity index is 1260. The van der Waals surface area contributed by atoms with Crippen molar-refractivity contribution in [3.8, 4) is 5.75 Å². The SMILES string of the molecule is COc1c(N2CCCC2N2CCC(N(C)C(C)=O)C2)c(F)cc2c(=O)c(C(=O)O)cn(C3CC3)c12. The number of likely N-dealkylation sites (tertiary alicyclic amines) is 1. The maximum Gasteiger partial charge on any atom is 0.341 e. The van der Waals surface area contributed by atoms with Gasteiger partial charge in [-0.25, -0.2) is 9.18 Å². The number of ether oxygens (including phenoxy) is 1. The van der Waals surface area contributed by atoms with Gasteiger partial charge in [0.15, 0.2) is 11.6 Å². The Hall–Kier alpha value is -3.14. The summed E-state index contributed by atoms with van der Waals surface area (Å²) in [4.78, 5) is 42.6. The maximum atomic E-state index is 15.8. The number of carboxylic acids is 1. The molecule has 0 spiro atoms. The van der Waals surface area contributed by atoms with E-state index < -0.39 is 17.2 Å². The lowest BCUT2D eigenvalue weighted by Crippen LogP contribution is -2.46. The van der Waals surface area contributed by atoms with Crippen LogP contribution in [0.4, 0.5) is 10.1 Å². The third-order valence-electron chi connectivity index (χ3n) is 7.74. The molecule has 2 aromatic rings. The molecule has 0 radical (unpaired) electrons. The van der Waals surface area contributed by atoms with Crippen LogP contribution in [0.3, 0.4) is 0 Å². The zero-order valence-corrected chi connectivity index (χ0v) is 20.3. The lowest BCUT2D eigenvalue weighted by molar-refractivity contribution is -0.129. The molecule has 5 rings (SSSR count). The van der Waals surface area contributed by atoms with Crippen LogP contribution in [0.2, 0.25) is 0 Å². The molecule has 1 amide bonds. The van der Waals surface area contributed by atoms with Crippen LogP contribution < -0.4 is 15.1 Å². The quantitative estimate of drug-likeness (QED) is 0.671. The number of carbonyl (C=O) groups is 2. The molecule has 1 aliphatic carbocycles. The van der Waals surface area contributed by atoms with Crippen molar-refractivity contribution in [2.45, 2.75) is 57.3 Å². The first-order valence-electron chi connectivity index (χ1n) is 12.2. The van der Waals surface area contributed by atoms with Gasteiger partial charge in [-0.3, -0.25) is 14.5 Å². The van der Waals surface area contributed by atoms with E-state index >= 15 is 4.39 Å². The van der Waals surface area contributed by atoms with Crippen LogP contribution in [-0.4, -0.2) is 77.3 Å². The van der Waals surface area contributed by atoms with Gasteiger partial charge in [-0.05, 0) is 38.2 Å². The molecule has 2 aliphatic heterocycles. The minimum Gasteiger partial charge on any atom is -0.492 e. The van der Waals surface area contributed by atoms with Crippen molar-refractivity contribution in [3.63, 3.8) is 0 Å². The zero-order chi connectivity index (χ0) is 25.0. The maximum absolute atomic E-state index is 15.8. The first-order chi connectivity index (χ1) is 16.7. The van der Waals surface area contributed by atoms with Crippen molar-refractivity contribution in [2.75, 3.05) is 38.7 Å². The molecule has 2 atom stereocenters. The highest BCUT2D eigenvalue weighted by Gasteiger charge is 2.39. The fourth-order valence-electron chi connectivity index (χ4n) is 5.70. The van der Waals surface area contributed by atoms with E-state index in [4.69, 9.17) is 4.74 Å². The summed E-state index contributed by atoms with van der Waals surface area (Å²) in [5, 5.41) is 9.57. The fraction of sp³-hybridized carbons (Fsp3) is 0.560. The second-order valence-electron chi connectivity index (χ2n) is 9.84. The number of pyridine rings is 1. The van der Waals surface area contributed by atoms with Crippen LogP contribution in [0.1, 0.15) is 55.4 Å². The summed E-state index contributed by atoms with van der Waals surface area (Å²) in [5.41, 5.74) is -0.318. The molecule has 3 aliphatic rings. The first kappa shape index (κ1) is 23.6. The molecule has 188 valence electrons. The Morgan fingerprint density at radius 2 is 1.94 bits per heavy atom. The number of halogens is 1. The van der Waals surface area contributed by atoms with E-state index in [0.29, 0.717) is 24.3 Å². The molecule has 2 saturated heterocycles. The van der Waals surface area contributed by atoms with Gasteiger partial charge >= 0.3 is 5.97 Å². The molecule has 3 fully saturated rings. The Morgan fingerprint density at radius 3 is 2.57 bits per heavy atom. The highest BCUT2D eigenvalue weighted by molar-refractivity contribution is 5.97. The predicted molar refractivity (Wildman–Crippen MR) is 129 cm³/mol. The number of rotatable bonds is 6. The number of carboxylic acid groups (broad SMARTS) is 1. The van der Waals surface area contributed by atoms with Crippen LogP contribution in [0.25, 0.3) is 10.9 Å². The van der Waals surface area contributed by atoms with Gasteiger partial charge < -0.3 is 24.2 Å². The van der Waals surface area contributed by atoms with E-state index in [9.17, 15) is 19.5 Å². The Labute approximate surface area is 202 Å². The zero-order valence-electron chi connectivity index (χ0n) is 20.3. The molecule has 10 heteroatoms. The number of likely N-dealkylation sites (N-methyl/N-ethyl adjacent to an activating group) is 1. The molecule has 35 heavy (non-hydrogen) atoms. The number of amides is 1. The number of benzene rings is 1. The minimum atomic E-state index is -1.33. The standard InChI is InChI=1S/C25H31FN4O5/c1-14(31)27(2)16-8-10-28(12-16)20-5-4-9-29(20)22-19(26)11-17-21(24(22)35-3)30(15-6-7-15)13-18(23(17)32)25(33)34/h11,13,15-16,20H,4-10,12H2,1-3H3,(H,33,34). The normalized spacial score (nSPS) is 22.7. The van der Waals surface area contributed by atoms with Crippen LogP contribution in [0.15, 0.2) is 17.1 Å². The van der Waals surface area contributed by atoms with Gasteiger partial charge in [-0.2, -0.15) is 0 Å². The molecular weight excluding hydrogens is 455 g/mol. The second kappa shape index (κ2) is 8.82. The van der Waals surface area contributed by atoms with E-state index in [1.807, 2.05) is 11.9 Å². The summed E-state index contributed by atoms with van der Waals surface area (Å²) in [5.74, 6) is -1.63. The predicted octanol–water partition coefficient (Wildman–Crippen LogP) is 2.66. The number of hydrogen-bond acceptors (Lipinski definition) is 6. The third-order valence-corrected chi connectivity index (χ3v) is 7.74. The molecule has 0 bridgehead atoms. The van der Waals surface area contributed by atoms with Crippen LogP contribution >= 0.6 is 0 Å². The minimum absolute atomic E-state index is 0.0231. The third kappa shape index (κ3) is 3.93. The highest BCUT2D eigenvalue weighted by Crippen LogP contribution is 2.45. The number of anilines is 1. The van der Waals surface area contributed by atoms with Crippen molar-refractivity contribution in [2.24, 2.45) is 0 Å². The summed E-state index contributed by atoms with van der Waals surface area (Å²) >= 11 is 0. The van der Waals surface area contributed by atoms with Gasteiger partial charge in [0.25, 0.3) is 0 Å². The number of methoxy groups -OCH3 is 1. The summed E-state index contributed by atoms with van der Waals surface area (Å²) in [7, 11) is 3.28. The molecule has 9 nitrogen and oxygen atoms in total. The van der Waals surface area contributed by atoms with E-state index in [1.54, 1.807) is 16.4 Å². The number of nitrogens with zero attached hydrogens (tertiary/aromatic N) is 4. The van der Waals surface area contributed by atoms with Gasteiger partial charge in [-0.15, -0.1) is 0 Å². The number of fused-ring (bicyclic) bond motifs is 1. The number of carbonyl (C=O) groups excluding carboxylic acids is 1. The second-order valence-corrected chi connectivity index (χ2v) is 9.84. The van der Waals surface area contributed by atoms with Crippen molar-refractivity contribution in [1.82, 2.24) is 14.4 Å². The molecule has 3 heterocycles. The van der Waals surface area contributed by atoms with E-state index in [0.717, 1.165) is 38.6 Å². The summed E-state index contributed by atoms with van der Waals surface area (Å²) in [6.45, 7) is 3.71. The van der Waals surface area contributed by atoms with Gasteiger partial charge in [0.2, 0.25) is 11.3 Å². The highest BCUT2D eigenvalue weighted by atomic mass is 19.1. The summed E-state index contributed by atoms with van der Waals surface area (Å²) in [6, 6.07) is 1.35. The molecule has 1 saturated carbocycles. The smallest absolute Gasteiger partial charge is 0.341 e. The van der Waals surface area contributed by atoms with Crippen LogP contribution in [0, 0.1) is 5.82 Å². The summed E-state index contributed by atoms with van der Waals surface area (Å²) < 4.78 is 23.3. The van der Waals surface area contributed by atoms with Gasteiger partial charge in [-0.1, -0.05) is 0 Å². The van der Waals surface area contributed by atoms with E-state index in [2.05, 4.69) is 4.90 Å². The van der Waals surface area contributed by atoms with Gasteiger partial charge in [0.1, 0.15) is 11.3 Å². The van der Waals surface area contributed by atoms with Gasteiger partial charge in [0.05, 0.1) is 24.2 Å². The average Bonchev–Trinajstić information content (AvgIpc) is 3.35.